The van der Waals surface area contributed by atoms with Crippen LogP contribution in [0.15, 0.2) is 18.2 Å². The van der Waals surface area contributed by atoms with Gasteiger partial charge in [0.05, 0.1) is 11.5 Å². The van der Waals surface area contributed by atoms with E-state index >= 15 is 0 Å². The third kappa shape index (κ3) is 2.63. The number of amides is 2. The van der Waals surface area contributed by atoms with E-state index in [9.17, 15) is 14.0 Å². The molecule has 1 aromatic carbocycles. The molecule has 1 aromatic rings. The van der Waals surface area contributed by atoms with Crippen molar-refractivity contribution in [3.8, 4) is 0 Å². The predicted octanol–water partition coefficient (Wildman–Crippen LogP) is 1.38. The zero-order valence-corrected chi connectivity index (χ0v) is 11.7. The topological polar surface area (TPSA) is 63.4 Å². The number of primary amides is 1. The van der Waals surface area contributed by atoms with Crippen LogP contribution in [-0.2, 0) is 4.79 Å². The van der Waals surface area contributed by atoms with Crippen molar-refractivity contribution < 1.29 is 14.0 Å². The first-order valence-corrected chi connectivity index (χ1v) is 6.60. The summed E-state index contributed by atoms with van der Waals surface area (Å²) in [4.78, 5) is 24.8. The van der Waals surface area contributed by atoms with Crippen LogP contribution < -0.4 is 5.73 Å². The monoisotopic (exact) mass is 362 g/mol. The average molecular weight is 362 g/mol. The number of carbonyl (C=O) groups excluding carboxylic acids is 2. The lowest BCUT2D eigenvalue weighted by molar-refractivity contribution is -0.121. The molecular formula is C12H12FIN2O2. The Hall–Kier alpha value is -1.18. The van der Waals surface area contributed by atoms with Crippen molar-refractivity contribution in [1.29, 1.82) is 0 Å². The summed E-state index contributed by atoms with van der Waals surface area (Å²) in [5, 5.41) is 0. The molecular weight excluding hydrogens is 350 g/mol. The fourth-order valence-electron chi connectivity index (χ4n) is 2.01. The van der Waals surface area contributed by atoms with Gasteiger partial charge in [0.2, 0.25) is 5.91 Å². The summed E-state index contributed by atoms with van der Waals surface area (Å²) in [7, 11) is 0. The van der Waals surface area contributed by atoms with Gasteiger partial charge in [-0.25, -0.2) is 4.39 Å². The van der Waals surface area contributed by atoms with Crippen molar-refractivity contribution in [1.82, 2.24) is 4.90 Å². The smallest absolute Gasteiger partial charge is 0.254 e. The van der Waals surface area contributed by atoms with Crippen LogP contribution in [0.2, 0.25) is 0 Å². The molecule has 6 heteroatoms. The summed E-state index contributed by atoms with van der Waals surface area (Å²) in [6, 6.07) is 4.05. The Morgan fingerprint density at radius 3 is 2.72 bits per heavy atom. The number of nitrogens with zero attached hydrogens (tertiary/aromatic N) is 1. The summed E-state index contributed by atoms with van der Waals surface area (Å²) >= 11 is 1.93. The van der Waals surface area contributed by atoms with Gasteiger partial charge in [0.25, 0.3) is 5.91 Å². The van der Waals surface area contributed by atoms with Crippen molar-refractivity contribution in [2.45, 2.75) is 6.42 Å². The number of likely N-dealkylation sites (tertiary alicyclic amines) is 1. The molecule has 1 saturated heterocycles. The normalized spacial score (nSPS) is 19.0. The van der Waals surface area contributed by atoms with Crippen LogP contribution in [-0.4, -0.2) is 29.8 Å². The molecule has 0 saturated carbocycles. The number of nitrogens with two attached hydrogens (primary N) is 1. The molecule has 1 heterocycles. The lowest BCUT2D eigenvalue weighted by Crippen LogP contribution is -2.32. The molecule has 0 bridgehead atoms. The van der Waals surface area contributed by atoms with Gasteiger partial charge in [0.1, 0.15) is 5.82 Å². The number of benzene rings is 1. The Kier molecular flexibility index (Phi) is 3.84. The molecule has 96 valence electrons. The number of carbonyl (C=O) groups is 2. The summed E-state index contributed by atoms with van der Waals surface area (Å²) < 4.78 is 13.5. The zero-order chi connectivity index (χ0) is 13.3. The van der Waals surface area contributed by atoms with Crippen molar-refractivity contribution >= 4 is 34.4 Å². The largest absolute Gasteiger partial charge is 0.369 e. The fraction of sp³-hybridized carbons (Fsp3) is 0.333. The zero-order valence-electron chi connectivity index (χ0n) is 9.53. The Balaban J connectivity index is 2.15. The van der Waals surface area contributed by atoms with Gasteiger partial charge in [-0.2, -0.15) is 0 Å². The molecule has 0 aliphatic carbocycles. The number of hydrogen-bond acceptors (Lipinski definition) is 2. The summed E-state index contributed by atoms with van der Waals surface area (Å²) in [6.45, 7) is 0.863. The van der Waals surface area contributed by atoms with E-state index in [2.05, 4.69) is 0 Å². The highest BCUT2D eigenvalue weighted by Crippen LogP contribution is 2.21. The van der Waals surface area contributed by atoms with E-state index in [1.54, 1.807) is 4.90 Å². The maximum atomic E-state index is 13.0. The van der Waals surface area contributed by atoms with Crippen LogP contribution >= 0.6 is 22.6 Å². The fourth-order valence-corrected chi connectivity index (χ4v) is 2.72. The van der Waals surface area contributed by atoms with Crippen LogP contribution in [0.25, 0.3) is 0 Å². The Bertz CT molecular complexity index is 507. The molecule has 1 fully saturated rings. The Morgan fingerprint density at radius 2 is 2.17 bits per heavy atom. The molecule has 1 atom stereocenters. The molecule has 2 N–H and O–H groups in total. The van der Waals surface area contributed by atoms with Crippen LogP contribution in [0, 0.1) is 15.3 Å². The van der Waals surface area contributed by atoms with Crippen LogP contribution in [0.5, 0.6) is 0 Å². The molecule has 1 unspecified atom stereocenters. The Morgan fingerprint density at radius 1 is 1.44 bits per heavy atom. The highest BCUT2D eigenvalue weighted by atomic mass is 127. The van der Waals surface area contributed by atoms with Gasteiger partial charge in [0.15, 0.2) is 0 Å². The third-order valence-corrected chi connectivity index (χ3v) is 3.93. The minimum atomic E-state index is -0.376. The summed E-state index contributed by atoms with van der Waals surface area (Å²) in [6.07, 6.45) is 0.596. The predicted molar refractivity (Wildman–Crippen MR) is 72.3 cm³/mol. The lowest BCUT2D eigenvalue weighted by Gasteiger charge is -2.16. The summed E-state index contributed by atoms with van der Waals surface area (Å²) in [5.74, 6) is -1.19. The number of hydrogen-bond donors (Lipinski definition) is 1. The molecule has 0 aromatic heterocycles. The highest BCUT2D eigenvalue weighted by Gasteiger charge is 2.30. The van der Waals surface area contributed by atoms with Crippen LogP contribution in [0.4, 0.5) is 4.39 Å². The van der Waals surface area contributed by atoms with E-state index in [0.717, 1.165) is 0 Å². The molecule has 2 rings (SSSR count). The molecule has 1 aliphatic rings. The van der Waals surface area contributed by atoms with E-state index in [1.165, 1.54) is 18.2 Å². The van der Waals surface area contributed by atoms with Crippen molar-refractivity contribution in [3.63, 3.8) is 0 Å². The van der Waals surface area contributed by atoms with Gasteiger partial charge in [0, 0.05) is 16.7 Å². The second-order valence-electron chi connectivity index (χ2n) is 4.26. The van der Waals surface area contributed by atoms with Gasteiger partial charge in [-0.1, -0.05) is 0 Å². The van der Waals surface area contributed by atoms with E-state index in [1.807, 2.05) is 22.6 Å². The molecule has 4 nitrogen and oxygen atoms in total. The minimum absolute atomic E-state index is 0.178. The lowest BCUT2D eigenvalue weighted by atomic mass is 10.1. The molecule has 0 spiro atoms. The van der Waals surface area contributed by atoms with Gasteiger partial charge in [-0.05, 0) is 47.2 Å². The Labute approximate surface area is 117 Å². The summed E-state index contributed by atoms with van der Waals surface area (Å²) in [5.41, 5.74) is 5.68. The van der Waals surface area contributed by atoms with Crippen molar-refractivity contribution in [3.05, 3.63) is 33.1 Å². The maximum Gasteiger partial charge on any atom is 0.254 e. The quantitative estimate of drug-likeness (QED) is 0.808. The second-order valence-corrected chi connectivity index (χ2v) is 5.43. The number of rotatable bonds is 2. The molecule has 18 heavy (non-hydrogen) atoms. The van der Waals surface area contributed by atoms with Crippen molar-refractivity contribution in [2.75, 3.05) is 13.1 Å². The molecule has 0 radical (unpaired) electrons. The van der Waals surface area contributed by atoms with Crippen LogP contribution in [0.3, 0.4) is 0 Å². The van der Waals surface area contributed by atoms with Crippen LogP contribution in [0.1, 0.15) is 16.8 Å². The van der Waals surface area contributed by atoms with E-state index in [4.69, 9.17) is 5.73 Å². The highest BCUT2D eigenvalue weighted by molar-refractivity contribution is 14.1. The van der Waals surface area contributed by atoms with Gasteiger partial charge in [-0.3, -0.25) is 9.59 Å². The number of halogens is 2. The first-order valence-electron chi connectivity index (χ1n) is 5.52. The van der Waals surface area contributed by atoms with Crippen molar-refractivity contribution in [2.24, 2.45) is 11.7 Å². The van der Waals surface area contributed by atoms with Gasteiger partial charge < -0.3 is 10.6 Å². The second kappa shape index (κ2) is 5.21. The van der Waals surface area contributed by atoms with E-state index in [-0.39, 0.29) is 23.5 Å². The van der Waals surface area contributed by atoms with E-state index in [0.29, 0.717) is 28.6 Å². The maximum absolute atomic E-state index is 13.0. The standard InChI is InChI=1S/C12H12FIN2O2/c13-8-1-2-9(10(14)5-8)12(18)16-4-3-7(6-16)11(15)17/h1-2,5,7H,3-4,6H2,(H2,15,17). The van der Waals surface area contributed by atoms with Gasteiger partial charge in [-0.15, -0.1) is 0 Å². The average Bonchev–Trinajstić information content (AvgIpc) is 2.77. The molecule has 2 amide bonds. The first kappa shape index (κ1) is 13.3. The minimum Gasteiger partial charge on any atom is -0.369 e. The third-order valence-electron chi connectivity index (χ3n) is 3.04. The van der Waals surface area contributed by atoms with Gasteiger partial charge >= 0.3 is 0 Å². The van der Waals surface area contributed by atoms with E-state index < -0.39 is 0 Å². The first-order chi connectivity index (χ1) is 8.49. The SMILES string of the molecule is NC(=O)C1CCN(C(=O)c2ccc(F)cc2I)C1. The molecule has 1 aliphatic heterocycles.